The molecule has 0 saturated heterocycles. The number of alkyl halides is 3. The highest BCUT2D eigenvalue weighted by molar-refractivity contribution is 7.89. The number of ether oxygens (including phenoxy) is 2. The molecule has 1 unspecified atom stereocenters. The van der Waals surface area contributed by atoms with Gasteiger partial charge in [0, 0.05) is 40.4 Å². The fourth-order valence-electron chi connectivity index (χ4n) is 5.34. The molecule has 3 aromatic carbocycles. The summed E-state index contributed by atoms with van der Waals surface area (Å²) in [5.41, 5.74) is 0.528. The summed E-state index contributed by atoms with van der Waals surface area (Å²) >= 11 is 6.14. The van der Waals surface area contributed by atoms with Gasteiger partial charge in [-0.15, -0.1) is 13.2 Å². The van der Waals surface area contributed by atoms with Crippen LogP contribution in [0.2, 0.25) is 5.02 Å². The molecule has 0 bridgehead atoms. The molecule has 5 rings (SSSR count). The van der Waals surface area contributed by atoms with E-state index >= 15 is 0 Å². The van der Waals surface area contributed by atoms with E-state index in [2.05, 4.69) is 15.2 Å². The lowest BCUT2D eigenvalue weighted by molar-refractivity contribution is -0.274. The number of rotatable bonds is 11. The molecule has 1 fully saturated rings. The van der Waals surface area contributed by atoms with E-state index in [4.69, 9.17) is 21.2 Å². The summed E-state index contributed by atoms with van der Waals surface area (Å²) in [4.78, 5) is 33.5. The van der Waals surface area contributed by atoms with Crippen molar-refractivity contribution >= 4 is 51.0 Å². The van der Waals surface area contributed by atoms with Crippen molar-refractivity contribution in [2.75, 3.05) is 30.1 Å². The number of oxime groups is 1. The Bertz CT molecular complexity index is 1860. The van der Waals surface area contributed by atoms with Gasteiger partial charge in [-0.2, -0.15) is 0 Å². The quantitative estimate of drug-likeness (QED) is 0.192. The Morgan fingerprint density at radius 1 is 1.04 bits per heavy atom. The fourth-order valence-corrected chi connectivity index (χ4v) is 6.05. The highest BCUT2D eigenvalue weighted by atomic mass is 35.5. The maximum Gasteiger partial charge on any atom is 0.573 e. The molecule has 1 atom stereocenters. The molecule has 2 aliphatic rings. The second-order valence-corrected chi connectivity index (χ2v) is 14.3. The van der Waals surface area contributed by atoms with Crippen molar-refractivity contribution in [3.63, 3.8) is 0 Å². The molecular weight excluding hydrogens is 677 g/mol. The number of benzene rings is 3. The summed E-state index contributed by atoms with van der Waals surface area (Å²) in [5, 5.41) is 7.53. The first kappa shape index (κ1) is 34.8. The second-order valence-electron chi connectivity index (χ2n) is 12.1. The van der Waals surface area contributed by atoms with Crippen molar-refractivity contribution in [3.05, 3.63) is 82.4 Å². The number of nitrogens with one attached hydrogen (secondary N) is 2. The first-order valence-electron chi connectivity index (χ1n) is 14.5. The Morgan fingerprint density at radius 2 is 1.73 bits per heavy atom. The highest BCUT2D eigenvalue weighted by Crippen LogP contribution is 2.57. The van der Waals surface area contributed by atoms with Crippen LogP contribution in [-0.4, -0.2) is 58.3 Å². The molecule has 0 radical (unpaired) electrons. The van der Waals surface area contributed by atoms with Crippen molar-refractivity contribution in [3.8, 4) is 11.5 Å². The predicted molar refractivity (Wildman–Crippen MR) is 173 cm³/mol. The van der Waals surface area contributed by atoms with Crippen molar-refractivity contribution in [2.24, 2.45) is 5.16 Å². The number of amides is 2. The smallest absolute Gasteiger partial charge is 0.497 e. The number of hydrogen-bond acceptors (Lipinski definition) is 9. The van der Waals surface area contributed by atoms with Crippen molar-refractivity contribution in [1.29, 1.82) is 0 Å². The summed E-state index contributed by atoms with van der Waals surface area (Å²) in [6.07, 6.45) is -1.21. The van der Waals surface area contributed by atoms with Crippen LogP contribution in [0.1, 0.15) is 49.4 Å². The SMILES string of the molecule is COc1cc(C=NOC(C)(C)C(=O)NS(C)(=O)=O)cc(NC(C(=O)N2CC3(CC3)c3ccc(OC(F)(F)F)cc32)c2ccc(Cl)cc2)c1. The van der Waals surface area contributed by atoms with Crippen LogP contribution in [0.5, 0.6) is 11.5 Å². The average molecular weight is 709 g/mol. The first-order chi connectivity index (χ1) is 22.4. The van der Waals surface area contributed by atoms with Gasteiger partial charge in [0.05, 0.1) is 25.3 Å². The molecule has 0 aromatic heterocycles. The monoisotopic (exact) mass is 708 g/mol. The molecule has 1 heterocycles. The maximum absolute atomic E-state index is 14.4. The Balaban J connectivity index is 1.45. The van der Waals surface area contributed by atoms with E-state index < -0.39 is 45.6 Å². The molecular formula is C32H32ClF3N4O7S. The maximum atomic E-state index is 14.4. The van der Waals surface area contributed by atoms with Gasteiger partial charge >= 0.3 is 6.36 Å². The third-order valence-corrected chi connectivity index (χ3v) is 8.69. The molecule has 1 spiro atoms. The largest absolute Gasteiger partial charge is 0.573 e. The van der Waals surface area contributed by atoms with E-state index in [1.165, 1.54) is 44.2 Å². The van der Waals surface area contributed by atoms with Gasteiger partial charge in [-0.05, 0) is 68.1 Å². The number of halogens is 4. The number of carbonyl (C=O) groups is 2. The summed E-state index contributed by atoms with van der Waals surface area (Å²) in [6, 6.07) is 14.5. The topological polar surface area (TPSA) is 136 Å². The van der Waals surface area contributed by atoms with Gasteiger partial charge in [-0.3, -0.25) is 9.59 Å². The summed E-state index contributed by atoms with van der Waals surface area (Å²) in [7, 11) is -2.39. The van der Waals surface area contributed by atoms with Crippen LogP contribution in [0.3, 0.4) is 0 Å². The van der Waals surface area contributed by atoms with Crippen LogP contribution in [-0.2, 0) is 29.9 Å². The van der Waals surface area contributed by atoms with E-state index in [9.17, 15) is 31.2 Å². The van der Waals surface area contributed by atoms with Crippen LogP contribution >= 0.6 is 11.6 Å². The van der Waals surface area contributed by atoms with Crippen LogP contribution in [0.15, 0.2) is 65.8 Å². The van der Waals surface area contributed by atoms with E-state index in [1.54, 1.807) is 48.5 Å². The molecule has 2 amide bonds. The Hall–Kier alpha value is -4.50. The van der Waals surface area contributed by atoms with E-state index in [0.717, 1.165) is 24.7 Å². The zero-order chi connectivity index (χ0) is 35.1. The number of nitrogens with zero attached hydrogens (tertiary/aromatic N) is 2. The molecule has 48 heavy (non-hydrogen) atoms. The molecule has 256 valence electrons. The minimum absolute atomic E-state index is 0.290. The average Bonchev–Trinajstić information content (AvgIpc) is 3.70. The van der Waals surface area contributed by atoms with Crippen LogP contribution < -0.4 is 24.4 Å². The number of hydrogen-bond donors (Lipinski definition) is 2. The van der Waals surface area contributed by atoms with E-state index in [0.29, 0.717) is 39.8 Å². The fraction of sp³-hybridized carbons (Fsp3) is 0.344. The molecule has 3 aromatic rings. The summed E-state index contributed by atoms with van der Waals surface area (Å²) < 4.78 is 73.6. The third kappa shape index (κ3) is 8.13. The molecule has 11 nitrogen and oxygen atoms in total. The number of carbonyl (C=O) groups excluding carboxylic acids is 2. The van der Waals surface area contributed by atoms with E-state index in [1.807, 2.05) is 4.72 Å². The van der Waals surface area contributed by atoms with Crippen molar-refractivity contribution in [1.82, 2.24) is 4.72 Å². The van der Waals surface area contributed by atoms with Gasteiger partial charge < -0.3 is 24.5 Å². The Kier molecular flexibility index (Phi) is 9.32. The lowest BCUT2D eigenvalue weighted by Crippen LogP contribution is -2.45. The number of methoxy groups -OCH3 is 1. The van der Waals surface area contributed by atoms with Gasteiger partial charge in [0.1, 0.15) is 17.5 Å². The number of sulfonamides is 1. The van der Waals surface area contributed by atoms with Gasteiger partial charge in [0.25, 0.3) is 11.8 Å². The third-order valence-electron chi connectivity index (χ3n) is 7.88. The zero-order valence-corrected chi connectivity index (χ0v) is 27.8. The minimum atomic E-state index is -4.90. The lowest BCUT2D eigenvalue weighted by atomic mass is 9.99. The summed E-state index contributed by atoms with van der Waals surface area (Å²) in [5.74, 6) is -1.40. The standard InChI is InChI=1S/C32H32ClF3N4O7S/c1-30(2,29(42)39-48(4,43)44)47-37-17-19-13-22(15-24(14-19)45-3)38-27(20-5-7-21(33)8-6-20)28(41)40-18-31(11-12-31)25-10-9-23(16-26(25)40)46-32(34,35)36/h5-10,13-17,27,38H,11-12,18H2,1-4H3,(H,39,42). The predicted octanol–water partition coefficient (Wildman–Crippen LogP) is 5.68. The molecule has 2 N–H and O–H groups in total. The van der Waals surface area contributed by atoms with Gasteiger partial charge in [0.15, 0.2) is 0 Å². The molecule has 16 heteroatoms. The minimum Gasteiger partial charge on any atom is -0.497 e. The lowest BCUT2D eigenvalue weighted by Gasteiger charge is -2.27. The summed E-state index contributed by atoms with van der Waals surface area (Å²) in [6.45, 7) is 2.97. The molecule has 1 aliphatic carbocycles. The highest BCUT2D eigenvalue weighted by Gasteiger charge is 2.54. The normalized spacial score (nSPS) is 16.0. The van der Waals surface area contributed by atoms with Gasteiger partial charge in [-0.1, -0.05) is 35.0 Å². The van der Waals surface area contributed by atoms with E-state index in [-0.39, 0.29) is 5.41 Å². The van der Waals surface area contributed by atoms with Crippen LogP contribution in [0.4, 0.5) is 24.5 Å². The Morgan fingerprint density at radius 3 is 2.33 bits per heavy atom. The van der Waals surface area contributed by atoms with Crippen molar-refractivity contribution in [2.45, 2.75) is 50.1 Å². The number of anilines is 2. The van der Waals surface area contributed by atoms with Crippen LogP contribution in [0, 0.1) is 0 Å². The Labute approximate surface area is 280 Å². The van der Waals surface area contributed by atoms with Crippen molar-refractivity contribution < 1.29 is 45.5 Å². The zero-order valence-electron chi connectivity index (χ0n) is 26.2. The molecule has 1 saturated carbocycles. The second kappa shape index (κ2) is 12.8. The molecule has 1 aliphatic heterocycles. The first-order valence-corrected chi connectivity index (χ1v) is 16.8. The van der Waals surface area contributed by atoms with Gasteiger partial charge in [-0.25, -0.2) is 13.1 Å². The van der Waals surface area contributed by atoms with Crippen LogP contribution in [0.25, 0.3) is 0 Å². The van der Waals surface area contributed by atoms with Gasteiger partial charge in [0.2, 0.25) is 15.6 Å². The number of fused-ring (bicyclic) bond motifs is 2.